The summed E-state index contributed by atoms with van der Waals surface area (Å²) in [6.07, 6.45) is 1.38. The van der Waals surface area contributed by atoms with Gasteiger partial charge in [-0.25, -0.2) is 4.79 Å². The first-order valence-electron chi connectivity index (χ1n) is 14.4. The summed E-state index contributed by atoms with van der Waals surface area (Å²) in [4.78, 5) is 13.8. The first-order chi connectivity index (χ1) is 20.8. The van der Waals surface area contributed by atoms with Crippen LogP contribution in [0.25, 0.3) is 44.3 Å². The number of methoxy groups -OCH3 is 3. The fourth-order valence-electron chi connectivity index (χ4n) is 5.94. The molecule has 0 unspecified atom stereocenters. The Morgan fingerprint density at radius 3 is 2.37 bits per heavy atom. The zero-order chi connectivity index (χ0) is 30.4. The number of hydrogen-bond acceptors (Lipinski definition) is 8. The molecule has 2 aromatic heterocycles. The van der Waals surface area contributed by atoms with Gasteiger partial charge in [0.2, 0.25) is 0 Å². The minimum Gasteiger partial charge on any atom is -0.504 e. The van der Waals surface area contributed by atoms with E-state index in [2.05, 4.69) is 0 Å². The largest absolute Gasteiger partial charge is 0.504 e. The molecule has 9 nitrogen and oxygen atoms in total. The topological polar surface area (TPSA) is 102 Å². The standard InChI is InChI=1S/C34H35NO8/c1-7-12-41-29-17-25-22(16-28(29)40-6)31-30(20-8-9-24(42-18(2)3)27(14-20)39-5)32-21-15-26(38-4)23(36)13-19(21)10-11-35(32)33(31)34(37)43-25/h8-9,13-18,36H,7,10-12H2,1-6H3. The predicted molar refractivity (Wildman–Crippen MR) is 165 cm³/mol. The van der Waals surface area contributed by atoms with Crippen LogP contribution in [0.4, 0.5) is 0 Å². The molecule has 1 N–H and O–H groups in total. The number of aryl methyl sites for hydroxylation is 2. The van der Waals surface area contributed by atoms with Crippen molar-refractivity contribution >= 4 is 21.9 Å². The highest BCUT2D eigenvalue weighted by Crippen LogP contribution is 2.50. The first-order valence-corrected chi connectivity index (χ1v) is 14.4. The van der Waals surface area contributed by atoms with Crippen molar-refractivity contribution < 1.29 is 33.2 Å². The Morgan fingerprint density at radius 2 is 1.67 bits per heavy atom. The summed E-state index contributed by atoms with van der Waals surface area (Å²) < 4.78 is 36.9. The average Bonchev–Trinajstić information content (AvgIpc) is 3.35. The number of fused-ring (bicyclic) bond motifs is 7. The monoisotopic (exact) mass is 585 g/mol. The predicted octanol–water partition coefficient (Wildman–Crippen LogP) is 6.95. The van der Waals surface area contributed by atoms with Gasteiger partial charge in [0.15, 0.2) is 34.5 Å². The van der Waals surface area contributed by atoms with Gasteiger partial charge in [0, 0.05) is 34.5 Å². The van der Waals surface area contributed by atoms with Crippen molar-refractivity contribution in [2.45, 2.75) is 46.3 Å². The SMILES string of the molecule is CCCOc1cc2oc(=O)c3c(c(-c4ccc(OC(C)C)c(OC)c4)c4n3CCc3cc(O)c(OC)cc3-4)c2cc1OC. The lowest BCUT2D eigenvalue weighted by molar-refractivity contribution is 0.230. The lowest BCUT2D eigenvalue weighted by Gasteiger charge is -2.22. The molecule has 43 heavy (non-hydrogen) atoms. The third-order valence-corrected chi connectivity index (χ3v) is 7.74. The molecule has 0 spiro atoms. The van der Waals surface area contributed by atoms with E-state index in [1.807, 2.05) is 55.7 Å². The molecule has 0 bridgehead atoms. The summed E-state index contributed by atoms with van der Waals surface area (Å²) in [6, 6.07) is 12.9. The highest BCUT2D eigenvalue weighted by atomic mass is 16.5. The zero-order valence-corrected chi connectivity index (χ0v) is 25.2. The van der Waals surface area contributed by atoms with Gasteiger partial charge in [-0.1, -0.05) is 13.0 Å². The summed E-state index contributed by atoms with van der Waals surface area (Å²) in [5.41, 5.74) is 4.65. The Labute approximate surface area is 249 Å². The molecule has 0 saturated heterocycles. The number of phenols is 1. The normalized spacial score (nSPS) is 12.3. The smallest absolute Gasteiger partial charge is 0.361 e. The van der Waals surface area contributed by atoms with E-state index in [0.29, 0.717) is 64.8 Å². The van der Waals surface area contributed by atoms with Gasteiger partial charge in [-0.05, 0) is 68.1 Å². The Morgan fingerprint density at radius 1 is 0.930 bits per heavy atom. The highest BCUT2D eigenvalue weighted by Gasteiger charge is 2.31. The van der Waals surface area contributed by atoms with Crippen molar-refractivity contribution in [3.8, 4) is 56.9 Å². The molecular weight excluding hydrogens is 550 g/mol. The van der Waals surface area contributed by atoms with E-state index in [9.17, 15) is 9.90 Å². The van der Waals surface area contributed by atoms with Crippen LogP contribution in [0.15, 0.2) is 51.7 Å². The third-order valence-electron chi connectivity index (χ3n) is 7.74. The van der Waals surface area contributed by atoms with Crippen molar-refractivity contribution in [2.75, 3.05) is 27.9 Å². The molecule has 5 aromatic rings. The molecule has 1 aliphatic rings. The fraction of sp³-hybridized carbons (Fsp3) is 0.324. The minimum atomic E-state index is -0.456. The number of ether oxygens (including phenoxy) is 5. The van der Waals surface area contributed by atoms with Crippen molar-refractivity contribution in [1.29, 1.82) is 0 Å². The number of rotatable bonds is 9. The zero-order valence-electron chi connectivity index (χ0n) is 25.2. The summed E-state index contributed by atoms with van der Waals surface area (Å²) in [5.74, 6) is 2.65. The quantitative estimate of drug-likeness (QED) is 0.186. The van der Waals surface area contributed by atoms with Crippen LogP contribution in [0.2, 0.25) is 0 Å². The van der Waals surface area contributed by atoms with E-state index in [1.54, 1.807) is 26.4 Å². The van der Waals surface area contributed by atoms with Gasteiger partial charge in [0.25, 0.3) is 0 Å². The molecule has 0 radical (unpaired) electrons. The Bertz CT molecular complexity index is 1920. The maximum absolute atomic E-state index is 13.8. The van der Waals surface area contributed by atoms with Gasteiger partial charge in [-0.2, -0.15) is 0 Å². The Kier molecular flexibility index (Phi) is 7.33. The number of aromatic hydroxyl groups is 1. The van der Waals surface area contributed by atoms with Crippen molar-refractivity contribution in [3.63, 3.8) is 0 Å². The number of nitrogens with zero attached hydrogens (tertiary/aromatic N) is 1. The average molecular weight is 586 g/mol. The van der Waals surface area contributed by atoms with Gasteiger partial charge in [0.1, 0.15) is 11.1 Å². The van der Waals surface area contributed by atoms with E-state index < -0.39 is 5.63 Å². The highest BCUT2D eigenvalue weighted by molar-refractivity contribution is 6.17. The van der Waals surface area contributed by atoms with Crippen LogP contribution in [0.1, 0.15) is 32.8 Å². The maximum Gasteiger partial charge on any atom is 0.361 e. The molecular formula is C34H35NO8. The van der Waals surface area contributed by atoms with E-state index in [4.69, 9.17) is 28.1 Å². The van der Waals surface area contributed by atoms with Gasteiger partial charge >= 0.3 is 5.63 Å². The summed E-state index contributed by atoms with van der Waals surface area (Å²) in [7, 11) is 4.72. The van der Waals surface area contributed by atoms with Gasteiger partial charge in [-0.3, -0.25) is 0 Å². The Hall–Kier alpha value is -4.79. The van der Waals surface area contributed by atoms with E-state index in [0.717, 1.165) is 39.8 Å². The first kappa shape index (κ1) is 28.3. The lowest BCUT2D eigenvalue weighted by Crippen LogP contribution is -2.14. The summed E-state index contributed by atoms with van der Waals surface area (Å²) in [6.45, 7) is 6.95. The van der Waals surface area contributed by atoms with Gasteiger partial charge in [0.05, 0.1) is 39.7 Å². The maximum atomic E-state index is 13.8. The summed E-state index contributed by atoms with van der Waals surface area (Å²) >= 11 is 0. The van der Waals surface area contributed by atoms with Crippen LogP contribution in [0.5, 0.6) is 34.5 Å². The molecule has 9 heteroatoms. The van der Waals surface area contributed by atoms with Crippen molar-refractivity contribution in [3.05, 3.63) is 58.4 Å². The second kappa shape index (κ2) is 11.1. The van der Waals surface area contributed by atoms with Crippen LogP contribution in [-0.2, 0) is 13.0 Å². The molecule has 3 aromatic carbocycles. The molecule has 224 valence electrons. The second-order valence-electron chi connectivity index (χ2n) is 10.8. The number of aromatic nitrogens is 1. The fourth-order valence-corrected chi connectivity index (χ4v) is 5.94. The molecule has 0 fully saturated rings. The van der Waals surface area contributed by atoms with Crippen molar-refractivity contribution in [1.82, 2.24) is 4.57 Å². The molecule has 1 aliphatic heterocycles. The van der Waals surface area contributed by atoms with Crippen LogP contribution in [0.3, 0.4) is 0 Å². The van der Waals surface area contributed by atoms with E-state index >= 15 is 0 Å². The molecule has 0 aliphatic carbocycles. The molecule has 3 heterocycles. The molecule has 0 amide bonds. The van der Waals surface area contributed by atoms with E-state index in [1.165, 1.54) is 7.11 Å². The molecule has 0 atom stereocenters. The van der Waals surface area contributed by atoms with Crippen LogP contribution in [0, 0.1) is 0 Å². The van der Waals surface area contributed by atoms with Gasteiger partial charge < -0.3 is 37.8 Å². The van der Waals surface area contributed by atoms with Crippen LogP contribution in [-0.4, -0.2) is 43.7 Å². The van der Waals surface area contributed by atoms with Crippen LogP contribution >= 0.6 is 0 Å². The third kappa shape index (κ3) is 4.69. The number of benzene rings is 3. The van der Waals surface area contributed by atoms with Crippen LogP contribution < -0.4 is 29.3 Å². The summed E-state index contributed by atoms with van der Waals surface area (Å²) in [5, 5.41) is 12.0. The Balaban J connectivity index is 1.76. The van der Waals surface area contributed by atoms with E-state index in [-0.39, 0.29) is 11.9 Å². The van der Waals surface area contributed by atoms with Crippen molar-refractivity contribution in [2.24, 2.45) is 0 Å². The van der Waals surface area contributed by atoms with Gasteiger partial charge in [-0.15, -0.1) is 0 Å². The molecule has 6 rings (SSSR count). The lowest BCUT2D eigenvalue weighted by atomic mass is 9.91. The molecule has 0 saturated carbocycles. The number of phenolic OH excluding ortho intramolecular Hbond substituents is 1. The second-order valence-corrected chi connectivity index (χ2v) is 10.8. The number of hydrogen-bond donors (Lipinski definition) is 1. The minimum absolute atomic E-state index is 0.0417.